The number of carbonyl (C=O) groups is 3. The van der Waals surface area contributed by atoms with E-state index in [1.54, 1.807) is 6.07 Å². The Kier molecular flexibility index (Phi) is 5.33. The van der Waals surface area contributed by atoms with Crippen LogP contribution in [0.1, 0.15) is 17.5 Å². The lowest BCUT2D eigenvalue weighted by Crippen LogP contribution is -2.36. The molecule has 0 aromatic heterocycles. The van der Waals surface area contributed by atoms with E-state index in [0.29, 0.717) is 5.69 Å². The number of hydrogen-bond acceptors (Lipinski definition) is 4. The average molecular weight is 317 g/mol. The summed E-state index contributed by atoms with van der Waals surface area (Å²) in [5.74, 6) is -3.86. The van der Waals surface area contributed by atoms with Gasteiger partial charge in [-0.15, -0.1) is 0 Å². The Morgan fingerprint density at radius 1 is 1.26 bits per heavy atom. The minimum absolute atomic E-state index is 0.503. The number of rotatable bonds is 5. The Labute approximate surface area is 135 Å². The maximum atomic E-state index is 12.1. The van der Waals surface area contributed by atoms with Crippen molar-refractivity contribution in [3.05, 3.63) is 29.3 Å². The van der Waals surface area contributed by atoms with E-state index in [1.807, 2.05) is 12.1 Å². The van der Waals surface area contributed by atoms with Crippen LogP contribution < -0.4 is 16.8 Å². The molecule has 0 saturated heterocycles. The molecule has 0 aliphatic carbocycles. The van der Waals surface area contributed by atoms with Crippen molar-refractivity contribution in [1.29, 1.82) is 0 Å². The Bertz CT molecular complexity index is 630. The normalized spacial score (nSPS) is 16.0. The number of anilines is 1. The van der Waals surface area contributed by atoms with Crippen LogP contribution in [0.3, 0.4) is 0 Å². The highest BCUT2D eigenvalue weighted by Crippen LogP contribution is 2.21. The summed E-state index contributed by atoms with van der Waals surface area (Å²) in [6.45, 7) is 1.94. The van der Waals surface area contributed by atoms with Crippen molar-refractivity contribution in [2.75, 3.05) is 25.5 Å². The Morgan fingerprint density at radius 3 is 2.52 bits per heavy atom. The fourth-order valence-corrected chi connectivity index (χ4v) is 2.65. The molecule has 0 fully saturated rings. The molecule has 7 nitrogen and oxygen atoms in total. The lowest BCUT2D eigenvalue weighted by molar-refractivity contribution is -0.134. The molecule has 0 saturated carbocycles. The van der Waals surface area contributed by atoms with Crippen molar-refractivity contribution < 1.29 is 14.4 Å². The molecule has 1 aliphatic heterocycles. The molecule has 4 N–H and O–H groups in total. The van der Waals surface area contributed by atoms with Gasteiger partial charge in [0.05, 0.1) is 0 Å². The summed E-state index contributed by atoms with van der Waals surface area (Å²) in [5, 5.41) is 2.62. The Hall–Kier alpha value is -2.41. The van der Waals surface area contributed by atoms with Crippen molar-refractivity contribution in [3.8, 4) is 0 Å². The van der Waals surface area contributed by atoms with Crippen LogP contribution in [-0.4, -0.2) is 42.8 Å². The van der Waals surface area contributed by atoms with Crippen LogP contribution in [0, 0.1) is 5.92 Å². The number of hydrogen-bond donors (Lipinski definition) is 2. The quantitative estimate of drug-likeness (QED) is 0.741. The molecule has 0 bridgehead atoms. The number of fused-ring (bicyclic) bond motifs is 1. The summed E-state index contributed by atoms with van der Waals surface area (Å²) in [6, 6.07) is 5.65. The first-order valence-electron chi connectivity index (χ1n) is 7.52. The first-order valence-corrected chi connectivity index (χ1v) is 7.52. The van der Waals surface area contributed by atoms with Gasteiger partial charge in [0, 0.05) is 25.2 Å². The summed E-state index contributed by atoms with van der Waals surface area (Å²) >= 11 is 0. The number of benzene rings is 1. The number of nitrogens with one attached hydrogen (secondary N) is 2. The summed E-state index contributed by atoms with van der Waals surface area (Å²) in [4.78, 5) is 36.5. The number of amides is 3. The summed E-state index contributed by atoms with van der Waals surface area (Å²) in [5.41, 5.74) is 15.0. The zero-order chi connectivity index (χ0) is 17.0. The van der Waals surface area contributed by atoms with E-state index in [0.717, 1.165) is 25.9 Å². The smallest absolute Gasteiger partial charge is 0.239 e. The molecule has 3 amide bonds. The van der Waals surface area contributed by atoms with E-state index < -0.39 is 30.1 Å². The van der Waals surface area contributed by atoms with Gasteiger partial charge in [-0.25, -0.2) is 0 Å². The van der Waals surface area contributed by atoms with Crippen LogP contribution in [-0.2, 0) is 27.2 Å². The molecule has 1 aromatic carbocycles. The molecule has 123 valence electrons. The summed E-state index contributed by atoms with van der Waals surface area (Å²) < 4.78 is 0. The maximum Gasteiger partial charge on any atom is 0.239 e. The molecule has 23 heavy (non-hydrogen) atoms. The molecule has 7 heteroatoms. The molecule has 0 spiro atoms. The monoisotopic (exact) mass is 317 g/mol. The third-order valence-electron chi connectivity index (χ3n) is 4.05. The van der Waals surface area contributed by atoms with E-state index in [4.69, 9.17) is 11.5 Å². The summed E-state index contributed by atoms with van der Waals surface area (Å²) in [7, 11) is 2.07. The SMILES string of the molecule is CN1CCc2ccc(NC(=O)[C@H](CC([NH])=O)C(N)=O)cc2CC1. The zero-order valence-electron chi connectivity index (χ0n) is 13.1. The van der Waals surface area contributed by atoms with Gasteiger partial charge in [0.25, 0.3) is 0 Å². The van der Waals surface area contributed by atoms with Crippen LogP contribution >= 0.6 is 0 Å². The predicted molar refractivity (Wildman–Crippen MR) is 85.4 cm³/mol. The van der Waals surface area contributed by atoms with Crippen LogP contribution in [0.4, 0.5) is 5.69 Å². The van der Waals surface area contributed by atoms with E-state index >= 15 is 0 Å². The van der Waals surface area contributed by atoms with Gasteiger partial charge in [0.2, 0.25) is 17.7 Å². The Balaban J connectivity index is 2.12. The molecule has 1 radical (unpaired) electrons. The standard InChI is InChI=1S/C16H21N4O3/c1-20-6-4-10-2-3-12(8-11(10)5-7-20)19-16(23)13(15(18)22)9-14(17)21/h2-3,8,13,17H,4-7,9H2,1H3,(H2,18,22)(H,19,23)/t13-/m1/s1. The molecule has 1 aliphatic rings. The highest BCUT2D eigenvalue weighted by Gasteiger charge is 2.27. The van der Waals surface area contributed by atoms with Gasteiger partial charge in [0.1, 0.15) is 5.92 Å². The second kappa shape index (κ2) is 7.23. The van der Waals surface area contributed by atoms with Gasteiger partial charge in [0.15, 0.2) is 0 Å². The first-order chi connectivity index (χ1) is 10.9. The lowest BCUT2D eigenvalue weighted by Gasteiger charge is -2.13. The van der Waals surface area contributed by atoms with E-state index in [-0.39, 0.29) is 0 Å². The minimum atomic E-state index is -1.31. The molecule has 1 heterocycles. The predicted octanol–water partition coefficient (Wildman–Crippen LogP) is -0.0434. The largest absolute Gasteiger partial charge is 0.369 e. The molecule has 1 aromatic rings. The average Bonchev–Trinajstić information content (AvgIpc) is 2.66. The third-order valence-corrected chi connectivity index (χ3v) is 4.05. The molecule has 1 atom stereocenters. The van der Waals surface area contributed by atoms with E-state index in [2.05, 4.69) is 17.3 Å². The second-order valence-corrected chi connectivity index (χ2v) is 5.86. The number of carbonyl (C=O) groups excluding carboxylic acids is 3. The van der Waals surface area contributed by atoms with Gasteiger partial charge in [-0.3, -0.25) is 20.1 Å². The number of nitrogens with two attached hydrogens (primary N) is 1. The second-order valence-electron chi connectivity index (χ2n) is 5.86. The minimum Gasteiger partial charge on any atom is -0.369 e. The van der Waals surface area contributed by atoms with Crippen molar-refractivity contribution in [2.45, 2.75) is 19.3 Å². The fraction of sp³-hybridized carbons (Fsp3) is 0.438. The van der Waals surface area contributed by atoms with Crippen molar-refractivity contribution in [1.82, 2.24) is 10.6 Å². The van der Waals surface area contributed by atoms with Crippen molar-refractivity contribution in [2.24, 2.45) is 11.7 Å². The zero-order valence-corrected chi connectivity index (χ0v) is 13.1. The first kappa shape index (κ1) is 17.0. The van der Waals surface area contributed by atoms with Crippen molar-refractivity contribution >= 4 is 23.4 Å². The number of likely N-dealkylation sites (N-methyl/N-ethyl adjacent to an activating group) is 1. The van der Waals surface area contributed by atoms with Gasteiger partial charge >= 0.3 is 0 Å². The highest BCUT2D eigenvalue weighted by atomic mass is 16.2. The number of nitrogens with zero attached hydrogens (tertiary/aromatic N) is 1. The van der Waals surface area contributed by atoms with Gasteiger partial charge < -0.3 is 16.0 Å². The van der Waals surface area contributed by atoms with Gasteiger partial charge in [-0.1, -0.05) is 6.07 Å². The third kappa shape index (κ3) is 4.53. The molecular weight excluding hydrogens is 296 g/mol. The van der Waals surface area contributed by atoms with Crippen LogP contribution in [0.5, 0.6) is 0 Å². The van der Waals surface area contributed by atoms with Gasteiger partial charge in [-0.2, -0.15) is 0 Å². The van der Waals surface area contributed by atoms with Crippen LogP contribution in [0.2, 0.25) is 0 Å². The van der Waals surface area contributed by atoms with E-state index in [9.17, 15) is 14.4 Å². The molecule has 0 unspecified atom stereocenters. The van der Waals surface area contributed by atoms with Gasteiger partial charge in [-0.05, 0) is 43.1 Å². The molecular formula is C16H21N4O3. The van der Waals surface area contributed by atoms with Crippen molar-refractivity contribution in [3.63, 3.8) is 0 Å². The molecule has 2 rings (SSSR count). The van der Waals surface area contributed by atoms with Crippen LogP contribution in [0.25, 0.3) is 0 Å². The Morgan fingerprint density at radius 2 is 1.91 bits per heavy atom. The van der Waals surface area contributed by atoms with Crippen LogP contribution in [0.15, 0.2) is 18.2 Å². The topological polar surface area (TPSA) is 116 Å². The number of primary amides is 1. The lowest BCUT2D eigenvalue weighted by atomic mass is 10.0. The summed E-state index contributed by atoms with van der Waals surface area (Å²) in [6.07, 6.45) is 1.34. The van der Waals surface area contributed by atoms with E-state index in [1.165, 1.54) is 11.1 Å². The highest BCUT2D eigenvalue weighted by molar-refractivity contribution is 6.08. The fourth-order valence-electron chi connectivity index (χ4n) is 2.65. The maximum absolute atomic E-state index is 12.1.